The summed E-state index contributed by atoms with van der Waals surface area (Å²) in [4.78, 5) is 0. The number of hydrogen-bond acceptors (Lipinski definition) is 4. The van der Waals surface area contributed by atoms with Crippen LogP contribution in [0.3, 0.4) is 0 Å². The lowest BCUT2D eigenvalue weighted by atomic mass is 9.81. The molecule has 2 atom stereocenters. The van der Waals surface area contributed by atoms with Crippen LogP contribution in [0, 0.1) is 11.8 Å². The number of nitrogens with one attached hydrogen (secondary N) is 2. The van der Waals surface area contributed by atoms with Gasteiger partial charge < -0.3 is 5.32 Å². The average molecular weight is 316 g/mol. The van der Waals surface area contributed by atoms with Crippen molar-refractivity contribution in [2.45, 2.75) is 49.9 Å². The van der Waals surface area contributed by atoms with Gasteiger partial charge in [0.15, 0.2) is 0 Å². The van der Waals surface area contributed by atoms with E-state index in [2.05, 4.69) is 23.9 Å². The fraction of sp³-hybridized carbons (Fsp3) is 0.714. The Bertz CT molecular complexity index is 529. The summed E-state index contributed by atoms with van der Waals surface area (Å²) in [5.41, 5.74) is 1.02. The van der Waals surface area contributed by atoms with Crippen LogP contribution in [0.2, 0.25) is 0 Å². The molecule has 1 aromatic rings. The van der Waals surface area contributed by atoms with Gasteiger partial charge in [0, 0.05) is 12.6 Å². The number of sulfonamides is 1. The largest absolute Gasteiger partial charge is 0.316 e. The highest BCUT2D eigenvalue weighted by molar-refractivity contribution is 7.91. The zero-order chi connectivity index (χ0) is 14.8. The highest BCUT2D eigenvalue weighted by Gasteiger charge is 2.28. The van der Waals surface area contributed by atoms with E-state index >= 15 is 0 Å². The number of thiophene rings is 1. The average Bonchev–Trinajstić information content (AvgIpc) is 2.76. The molecule has 6 heteroatoms. The van der Waals surface area contributed by atoms with Gasteiger partial charge in [-0.3, -0.25) is 0 Å². The molecule has 1 saturated carbocycles. The molecule has 1 aliphatic carbocycles. The first-order valence-electron chi connectivity index (χ1n) is 7.15. The minimum Gasteiger partial charge on any atom is -0.316 e. The van der Waals surface area contributed by atoms with E-state index in [0.717, 1.165) is 18.4 Å². The molecule has 1 aliphatic rings. The zero-order valence-corrected chi connectivity index (χ0v) is 14.0. The van der Waals surface area contributed by atoms with Gasteiger partial charge in [-0.1, -0.05) is 13.8 Å². The molecule has 1 fully saturated rings. The van der Waals surface area contributed by atoms with Gasteiger partial charge in [-0.2, -0.15) is 0 Å². The van der Waals surface area contributed by atoms with E-state index in [1.54, 1.807) is 6.07 Å². The molecule has 0 amide bonds. The van der Waals surface area contributed by atoms with Crippen LogP contribution in [0.5, 0.6) is 0 Å². The molecule has 4 nitrogen and oxygen atoms in total. The first-order chi connectivity index (χ1) is 9.40. The van der Waals surface area contributed by atoms with Crippen molar-refractivity contribution in [2.75, 3.05) is 7.05 Å². The van der Waals surface area contributed by atoms with E-state index in [-0.39, 0.29) is 6.04 Å². The van der Waals surface area contributed by atoms with E-state index in [1.807, 2.05) is 12.4 Å². The summed E-state index contributed by atoms with van der Waals surface area (Å²) in [5.74, 6) is 1.18. The maximum absolute atomic E-state index is 12.4. The Labute approximate surface area is 126 Å². The minimum absolute atomic E-state index is 0.0774. The fourth-order valence-electron chi connectivity index (χ4n) is 3.11. The first kappa shape index (κ1) is 15.9. The highest BCUT2D eigenvalue weighted by Crippen LogP contribution is 2.30. The molecule has 2 unspecified atom stereocenters. The Hall–Kier alpha value is -0.430. The third-order valence-electron chi connectivity index (χ3n) is 3.78. The smallest absolute Gasteiger partial charge is 0.250 e. The molecular weight excluding hydrogens is 292 g/mol. The Morgan fingerprint density at radius 3 is 2.50 bits per heavy atom. The van der Waals surface area contributed by atoms with E-state index in [0.29, 0.717) is 22.6 Å². The monoisotopic (exact) mass is 316 g/mol. The highest BCUT2D eigenvalue weighted by atomic mass is 32.2. The van der Waals surface area contributed by atoms with Crippen molar-refractivity contribution in [1.29, 1.82) is 0 Å². The molecule has 114 valence electrons. The molecule has 1 heterocycles. The van der Waals surface area contributed by atoms with Crippen molar-refractivity contribution in [2.24, 2.45) is 11.8 Å². The predicted octanol–water partition coefficient (Wildman–Crippen LogP) is 2.57. The Balaban J connectivity index is 2.06. The molecule has 2 N–H and O–H groups in total. The van der Waals surface area contributed by atoms with Gasteiger partial charge in [-0.25, -0.2) is 13.1 Å². The topological polar surface area (TPSA) is 58.2 Å². The quantitative estimate of drug-likeness (QED) is 0.878. The van der Waals surface area contributed by atoms with E-state index in [9.17, 15) is 8.42 Å². The second-order valence-corrected chi connectivity index (χ2v) is 8.89. The van der Waals surface area contributed by atoms with Gasteiger partial charge in [0.1, 0.15) is 4.21 Å². The lowest BCUT2D eigenvalue weighted by molar-refractivity contribution is 0.258. The van der Waals surface area contributed by atoms with Crippen LogP contribution in [0.25, 0.3) is 0 Å². The summed E-state index contributed by atoms with van der Waals surface area (Å²) in [5, 5.41) is 4.93. The second kappa shape index (κ2) is 6.56. The van der Waals surface area contributed by atoms with E-state index < -0.39 is 10.0 Å². The molecule has 0 aliphatic heterocycles. The lowest BCUT2D eigenvalue weighted by Gasteiger charge is -2.31. The summed E-state index contributed by atoms with van der Waals surface area (Å²) < 4.78 is 28.1. The molecule has 0 spiro atoms. The van der Waals surface area contributed by atoms with Crippen LogP contribution >= 0.6 is 11.3 Å². The molecule has 1 aromatic heterocycles. The van der Waals surface area contributed by atoms with Gasteiger partial charge in [-0.15, -0.1) is 11.3 Å². The molecule has 0 bridgehead atoms. The Morgan fingerprint density at radius 2 is 1.90 bits per heavy atom. The normalized spacial score (nSPS) is 27.6. The zero-order valence-electron chi connectivity index (χ0n) is 12.3. The molecule has 20 heavy (non-hydrogen) atoms. The van der Waals surface area contributed by atoms with Gasteiger partial charge in [0.25, 0.3) is 0 Å². The molecule has 0 aromatic carbocycles. The van der Waals surface area contributed by atoms with E-state index in [4.69, 9.17) is 0 Å². The van der Waals surface area contributed by atoms with Gasteiger partial charge in [0.2, 0.25) is 10.0 Å². The number of rotatable bonds is 5. The summed E-state index contributed by atoms with van der Waals surface area (Å²) in [7, 11) is -1.51. The predicted molar refractivity (Wildman–Crippen MR) is 83.4 cm³/mol. The lowest BCUT2D eigenvalue weighted by Crippen LogP contribution is -2.39. The van der Waals surface area contributed by atoms with Crippen LogP contribution in [0.1, 0.15) is 38.7 Å². The number of hydrogen-bond donors (Lipinski definition) is 2. The van der Waals surface area contributed by atoms with Crippen LogP contribution in [0.4, 0.5) is 0 Å². The molecular formula is C14H24N2O2S2. The third-order valence-corrected chi connectivity index (χ3v) is 6.78. The summed E-state index contributed by atoms with van der Waals surface area (Å²) in [6.45, 7) is 5.10. The van der Waals surface area contributed by atoms with E-state index in [1.165, 1.54) is 17.8 Å². The third kappa shape index (κ3) is 4.04. The minimum atomic E-state index is -3.36. The van der Waals surface area contributed by atoms with Crippen molar-refractivity contribution in [3.05, 3.63) is 17.0 Å². The van der Waals surface area contributed by atoms with Gasteiger partial charge in [-0.05, 0) is 55.2 Å². The van der Waals surface area contributed by atoms with Gasteiger partial charge >= 0.3 is 0 Å². The molecule has 0 radical (unpaired) electrons. The van der Waals surface area contributed by atoms with Crippen LogP contribution in [-0.4, -0.2) is 21.5 Å². The summed E-state index contributed by atoms with van der Waals surface area (Å²) in [6, 6.07) is 1.84. The van der Waals surface area contributed by atoms with Crippen molar-refractivity contribution in [3.8, 4) is 0 Å². The van der Waals surface area contributed by atoms with Gasteiger partial charge in [0.05, 0.1) is 0 Å². The standard InChI is InChI=1S/C14H24N2O2S2/c1-10-4-11(2)6-13(5-10)16-20(17,18)14-7-12(8-15-3)9-19-14/h7,9-11,13,15-16H,4-6,8H2,1-3H3. The second-order valence-electron chi connectivity index (χ2n) is 6.04. The summed E-state index contributed by atoms with van der Waals surface area (Å²) in [6.07, 6.45) is 3.08. The maximum Gasteiger partial charge on any atom is 0.250 e. The van der Waals surface area contributed by atoms with Crippen molar-refractivity contribution in [3.63, 3.8) is 0 Å². The fourth-order valence-corrected chi connectivity index (χ4v) is 5.60. The maximum atomic E-state index is 12.4. The molecule has 2 rings (SSSR count). The SMILES string of the molecule is CNCc1csc(S(=O)(=O)NC2CC(C)CC(C)C2)c1. The Morgan fingerprint density at radius 1 is 1.25 bits per heavy atom. The van der Waals surface area contributed by atoms with Crippen LogP contribution in [0.15, 0.2) is 15.7 Å². The van der Waals surface area contributed by atoms with Crippen LogP contribution in [-0.2, 0) is 16.6 Å². The first-order valence-corrected chi connectivity index (χ1v) is 9.51. The molecule has 0 saturated heterocycles. The van der Waals surface area contributed by atoms with Crippen molar-refractivity contribution >= 4 is 21.4 Å². The van der Waals surface area contributed by atoms with Crippen LogP contribution < -0.4 is 10.0 Å². The van der Waals surface area contributed by atoms with Crippen molar-refractivity contribution in [1.82, 2.24) is 10.0 Å². The Kier molecular flexibility index (Phi) is 5.23. The summed E-state index contributed by atoms with van der Waals surface area (Å²) >= 11 is 1.30. The van der Waals surface area contributed by atoms with Crippen molar-refractivity contribution < 1.29 is 8.42 Å².